The molecule has 9 nitrogen and oxygen atoms in total. The van der Waals surface area contributed by atoms with Gasteiger partial charge in [0, 0.05) is 32.5 Å². The average Bonchev–Trinajstić information content (AvgIpc) is 3.05. The predicted octanol–water partition coefficient (Wildman–Crippen LogP) is 3.98. The Balaban J connectivity index is 1.48. The molecule has 5 rings (SSSR count). The van der Waals surface area contributed by atoms with E-state index < -0.39 is 50.4 Å². The summed E-state index contributed by atoms with van der Waals surface area (Å²) < 4.78 is 43.9. The molecule has 0 bridgehead atoms. The largest absolute Gasteiger partial charge is 0.486 e. The topological polar surface area (TPSA) is 96.9 Å². The third-order valence-corrected chi connectivity index (χ3v) is 10.8. The Bertz CT molecular complexity index is 1350. The Morgan fingerprint density at radius 3 is 1.89 bits per heavy atom. The number of rotatable bonds is 11. The molecule has 3 aromatic rings. The molecule has 243 valence electrons. The molecule has 2 aliphatic rings. The Morgan fingerprint density at radius 1 is 0.822 bits per heavy atom. The van der Waals surface area contributed by atoms with Gasteiger partial charge in [-0.15, -0.1) is 0 Å². The number of aliphatic hydroxyl groups is 1. The maximum atomic E-state index is 11.8. The number of fused-ring (bicyclic) bond motifs is 1. The zero-order valence-electron chi connectivity index (χ0n) is 27.2. The van der Waals surface area contributed by atoms with E-state index in [2.05, 4.69) is 50.4 Å². The van der Waals surface area contributed by atoms with Crippen LogP contribution in [0.2, 0.25) is 0 Å². The molecule has 0 aliphatic carbocycles. The summed E-state index contributed by atoms with van der Waals surface area (Å²) in [5, 5.41) is 17.4. The summed E-state index contributed by atoms with van der Waals surface area (Å²) in [5.74, 6) is -1.26. The predicted molar refractivity (Wildman–Crippen MR) is 175 cm³/mol. The minimum Gasteiger partial charge on any atom is -0.486 e. The van der Waals surface area contributed by atoms with Gasteiger partial charge in [-0.2, -0.15) is 0 Å². The van der Waals surface area contributed by atoms with Gasteiger partial charge < -0.3 is 43.3 Å². The first-order valence-electron chi connectivity index (χ1n) is 15.4. The van der Waals surface area contributed by atoms with Crippen molar-refractivity contribution in [3.63, 3.8) is 0 Å². The Labute approximate surface area is 268 Å². The Kier molecular flexibility index (Phi) is 10.2. The normalized spacial score (nSPS) is 26.3. The second-order valence-corrected chi connectivity index (χ2v) is 14.8. The molecule has 6 atom stereocenters. The molecule has 1 unspecified atom stereocenters. The molecule has 2 aliphatic heterocycles. The maximum Gasteiger partial charge on any atom is 0.283 e. The number of benzene rings is 3. The molecule has 1 saturated heterocycles. The summed E-state index contributed by atoms with van der Waals surface area (Å²) in [4.78, 5) is 0. The lowest BCUT2D eigenvalue weighted by molar-refractivity contribution is -0.460. The number of nitrogens with one attached hydrogen (secondary N) is 1. The van der Waals surface area contributed by atoms with Crippen molar-refractivity contribution in [2.24, 2.45) is 5.41 Å². The van der Waals surface area contributed by atoms with E-state index in [0.717, 1.165) is 16.1 Å². The van der Waals surface area contributed by atoms with Gasteiger partial charge in [0.2, 0.25) is 11.6 Å². The molecule has 1 fully saturated rings. The highest BCUT2D eigenvalue weighted by Gasteiger charge is 2.60. The maximum absolute atomic E-state index is 11.8. The van der Waals surface area contributed by atoms with Crippen LogP contribution in [-0.2, 0) is 23.4 Å². The SMILES string of the molecule is CO[C@]1(C)O[C@@H]([C@@H](O)CNc2ccc3c(c2)OCCO3)[C@@H](C(O[Si](c2ccccc2)c2ccccc2)C(C)(C)C)O[C@@]1(C)OC. The van der Waals surface area contributed by atoms with Crippen molar-refractivity contribution in [1.82, 2.24) is 0 Å². The zero-order chi connectivity index (χ0) is 32.2. The van der Waals surface area contributed by atoms with E-state index in [1.54, 1.807) is 28.1 Å². The standard InChI is InChI=1S/C35H46NO8Si/c1-33(2,3)32(44-45(25-14-10-8-11-15-25)26-16-12-9-13-17-26)31-30(42-34(4,38-6)35(5,39-7)43-31)27(37)23-36-24-18-19-28-29(22-24)41-21-20-40-28/h8-19,22,27,30-32,36-37H,20-21,23H2,1-7H3/t27-,30-,31-,32?,34+,35+/m0/s1. The number of hydrogen-bond acceptors (Lipinski definition) is 9. The minimum atomic E-state index is -1.75. The van der Waals surface area contributed by atoms with Crippen LogP contribution in [0.1, 0.15) is 34.6 Å². The van der Waals surface area contributed by atoms with E-state index in [-0.39, 0.29) is 6.54 Å². The number of methoxy groups -OCH3 is 2. The van der Waals surface area contributed by atoms with Crippen LogP contribution in [0.15, 0.2) is 78.9 Å². The molecule has 0 aromatic heterocycles. The van der Waals surface area contributed by atoms with Gasteiger partial charge in [-0.25, -0.2) is 0 Å². The highest BCUT2D eigenvalue weighted by molar-refractivity contribution is 6.80. The fourth-order valence-electron chi connectivity index (χ4n) is 5.70. The van der Waals surface area contributed by atoms with E-state index >= 15 is 0 Å². The van der Waals surface area contributed by atoms with Gasteiger partial charge in [-0.3, -0.25) is 0 Å². The summed E-state index contributed by atoms with van der Waals surface area (Å²) in [7, 11) is 1.36. The van der Waals surface area contributed by atoms with Gasteiger partial charge in [-0.05, 0) is 41.8 Å². The van der Waals surface area contributed by atoms with Gasteiger partial charge >= 0.3 is 0 Å². The van der Waals surface area contributed by atoms with Crippen molar-refractivity contribution in [1.29, 1.82) is 0 Å². The van der Waals surface area contributed by atoms with Crippen molar-refractivity contribution in [2.45, 2.75) is 70.6 Å². The summed E-state index contributed by atoms with van der Waals surface area (Å²) in [6.45, 7) is 11.1. The molecular formula is C35H46NO8Si. The summed E-state index contributed by atoms with van der Waals surface area (Å²) in [6, 6.07) is 26.2. The van der Waals surface area contributed by atoms with Crippen molar-refractivity contribution in [3.8, 4) is 11.5 Å². The highest BCUT2D eigenvalue weighted by atomic mass is 28.3. The van der Waals surface area contributed by atoms with Crippen LogP contribution >= 0.6 is 0 Å². The van der Waals surface area contributed by atoms with Gasteiger partial charge in [0.1, 0.15) is 31.5 Å². The molecule has 0 spiro atoms. The molecule has 0 saturated carbocycles. The second-order valence-electron chi connectivity index (χ2n) is 12.7. The van der Waals surface area contributed by atoms with Crippen molar-refractivity contribution in [2.75, 3.05) is 39.3 Å². The molecule has 45 heavy (non-hydrogen) atoms. The molecule has 1 radical (unpaired) electrons. The van der Waals surface area contributed by atoms with Crippen LogP contribution in [0, 0.1) is 5.41 Å². The van der Waals surface area contributed by atoms with Crippen LogP contribution in [0.5, 0.6) is 11.5 Å². The third-order valence-electron chi connectivity index (χ3n) is 8.56. The minimum absolute atomic E-state index is 0.166. The van der Waals surface area contributed by atoms with Crippen LogP contribution in [0.25, 0.3) is 0 Å². The molecule has 2 heterocycles. The van der Waals surface area contributed by atoms with Crippen LogP contribution in [-0.4, -0.2) is 84.1 Å². The quantitative estimate of drug-likeness (QED) is 0.303. The highest BCUT2D eigenvalue weighted by Crippen LogP contribution is 2.44. The van der Waals surface area contributed by atoms with E-state index in [1.807, 2.05) is 54.6 Å². The smallest absolute Gasteiger partial charge is 0.283 e. The Morgan fingerprint density at radius 2 is 1.36 bits per heavy atom. The van der Waals surface area contributed by atoms with Crippen LogP contribution < -0.4 is 25.2 Å². The van der Waals surface area contributed by atoms with Crippen molar-refractivity contribution in [3.05, 3.63) is 78.9 Å². The third kappa shape index (κ3) is 7.22. The number of aliphatic hydroxyl groups excluding tert-OH is 1. The van der Waals surface area contributed by atoms with E-state index in [1.165, 1.54) is 0 Å². The summed E-state index contributed by atoms with van der Waals surface area (Å²) >= 11 is 0. The zero-order valence-corrected chi connectivity index (χ0v) is 28.2. The number of hydrogen-bond donors (Lipinski definition) is 2. The molecule has 10 heteroatoms. The molecular weight excluding hydrogens is 590 g/mol. The van der Waals surface area contributed by atoms with Gasteiger partial charge in [0.15, 0.2) is 11.5 Å². The van der Waals surface area contributed by atoms with E-state index in [9.17, 15) is 5.11 Å². The van der Waals surface area contributed by atoms with Crippen LogP contribution in [0.4, 0.5) is 5.69 Å². The van der Waals surface area contributed by atoms with E-state index in [4.69, 9.17) is 32.8 Å². The molecule has 0 amide bonds. The second kappa shape index (κ2) is 13.8. The van der Waals surface area contributed by atoms with Crippen LogP contribution in [0.3, 0.4) is 0 Å². The number of ether oxygens (including phenoxy) is 6. The lowest BCUT2D eigenvalue weighted by atomic mass is 9.82. The number of anilines is 1. The summed E-state index contributed by atoms with van der Waals surface area (Å²) in [6.07, 6.45) is -3.11. The fraction of sp³-hybridized carbons (Fsp3) is 0.486. The van der Waals surface area contributed by atoms with E-state index in [0.29, 0.717) is 24.7 Å². The Hall–Kier alpha value is -2.96. The van der Waals surface area contributed by atoms with Crippen molar-refractivity contribution < 1.29 is 38.0 Å². The lowest BCUT2D eigenvalue weighted by Crippen LogP contribution is -2.71. The van der Waals surface area contributed by atoms with Crippen molar-refractivity contribution >= 4 is 25.1 Å². The summed E-state index contributed by atoms with van der Waals surface area (Å²) in [5.41, 5.74) is 0.356. The molecule has 2 N–H and O–H groups in total. The average molecular weight is 637 g/mol. The fourth-order valence-corrected chi connectivity index (χ4v) is 8.04. The van der Waals surface area contributed by atoms with Gasteiger partial charge in [0.25, 0.3) is 9.04 Å². The monoisotopic (exact) mass is 636 g/mol. The first-order valence-corrected chi connectivity index (χ1v) is 16.8. The van der Waals surface area contributed by atoms with Gasteiger partial charge in [0.05, 0.1) is 6.10 Å². The van der Waals surface area contributed by atoms with Gasteiger partial charge in [-0.1, -0.05) is 81.4 Å². The first kappa shape index (κ1) is 33.4. The lowest BCUT2D eigenvalue weighted by Gasteiger charge is -2.55. The molecule has 3 aromatic carbocycles. The first-order chi connectivity index (χ1) is 21.5.